The molecule has 1 amide bonds. The Balaban J connectivity index is 1.69. The molecule has 2 aromatic rings. The largest absolute Gasteiger partial charge is 0.497 e. The van der Waals surface area contributed by atoms with E-state index in [0.29, 0.717) is 30.0 Å². The zero-order valence-electron chi connectivity index (χ0n) is 16.8. The molecular weight excluding hydrogens is 374 g/mol. The van der Waals surface area contributed by atoms with E-state index >= 15 is 0 Å². The molecule has 0 aromatic heterocycles. The minimum Gasteiger partial charge on any atom is -0.497 e. The summed E-state index contributed by atoms with van der Waals surface area (Å²) in [5.74, 6) is 0.452. The molecule has 7 heteroatoms. The van der Waals surface area contributed by atoms with Crippen molar-refractivity contribution in [2.24, 2.45) is 0 Å². The van der Waals surface area contributed by atoms with Crippen molar-refractivity contribution in [3.8, 4) is 11.5 Å². The van der Waals surface area contributed by atoms with Crippen molar-refractivity contribution in [1.82, 2.24) is 0 Å². The van der Waals surface area contributed by atoms with Crippen molar-refractivity contribution >= 4 is 23.3 Å². The number of nitrogens with one attached hydrogen (secondary N) is 1. The SMILES string of the molecule is COc1ccc(OCCCC(=O)O[C@H](C)C(=O)Nc2ccc(C(C)=O)cc2)cc1. The number of carbonyl (C=O) groups excluding carboxylic acids is 3. The summed E-state index contributed by atoms with van der Waals surface area (Å²) in [6, 6.07) is 13.6. The number of rotatable bonds is 10. The second kappa shape index (κ2) is 10.8. The Hall–Kier alpha value is -3.35. The van der Waals surface area contributed by atoms with E-state index in [1.54, 1.807) is 55.6 Å². The first-order valence-electron chi connectivity index (χ1n) is 9.27. The van der Waals surface area contributed by atoms with Gasteiger partial charge < -0.3 is 19.5 Å². The third kappa shape index (κ3) is 7.29. The van der Waals surface area contributed by atoms with Crippen LogP contribution in [-0.2, 0) is 14.3 Å². The molecule has 0 unspecified atom stereocenters. The van der Waals surface area contributed by atoms with Gasteiger partial charge in [0.25, 0.3) is 5.91 Å². The molecule has 7 nitrogen and oxygen atoms in total. The van der Waals surface area contributed by atoms with E-state index in [2.05, 4.69) is 5.32 Å². The van der Waals surface area contributed by atoms with Crippen LogP contribution in [0.15, 0.2) is 48.5 Å². The van der Waals surface area contributed by atoms with E-state index in [4.69, 9.17) is 14.2 Å². The molecule has 0 saturated carbocycles. The minimum atomic E-state index is -0.933. The van der Waals surface area contributed by atoms with E-state index in [-0.39, 0.29) is 12.2 Å². The van der Waals surface area contributed by atoms with Crippen LogP contribution < -0.4 is 14.8 Å². The first kappa shape index (κ1) is 21.9. The monoisotopic (exact) mass is 399 g/mol. The van der Waals surface area contributed by atoms with Crippen molar-refractivity contribution in [3.05, 3.63) is 54.1 Å². The van der Waals surface area contributed by atoms with Gasteiger partial charge in [-0.25, -0.2) is 0 Å². The number of amides is 1. The third-order valence-electron chi connectivity index (χ3n) is 4.09. The van der Waals surface area contributed by atoms with Crippen LogP contribution in [0.25, 0.3) is 0 Å². The van der Waals surface area contributed by atoms with E-state index in [1.165, 1.54) is 13.8 Å². The molecule has 2 rings (SSSR count). The van der Waals surface area contributed by atoms with Crippen LogP contribution in [0.3, 0.4) is 0 Å². The Morgan fingerprint density at radius 2 is 1.59 bits per heavy atom. The molecule has 1 atom stereocenters. The quantitative estimate of drug-likeness (QED) is 0.373. The molecule has 29 heavy (non-hydrogen) atoms. The predicted octanol–water partition coefficient (Wildman–Crippen LogP) is 3.63. The number of esters is 1. The Morgan fingerprint density at radius 3 is 2.17 bits per heavy atom. The molecule has 2 aromatic carbocycles. The third-order valence-corrected chi connectivity index (χ3v) is 4.09. The summed E-state index contributed by atoms with van der Waals surface area (Å²) in [5.41, 5.74) is 1.08. The van der Waals surface area contributed by atoms with Crippen molar-refractivity contribution < 1.29 is 28.6 Å². The van der Waals surface area contributed by atoms with Crippen LogP contribution >= 0.6 is 0 Å². The molecule has 0 spiro atoms. The molecule has 0 aliphatic heterocycles. The van der Waals surface area contributed by atoms with Crippen LogP contribution in [0.5, 0.6) is 11.5 Å². The summed E-state index contributed by atoms with van der Waals surface area (Å²) in [6.45, 7) is 3.33. The molecule has 0 aliphatic carbocycles. The Labute approximate surface area is 170 Å². The number of ether oxygens (including phenoxy) is 3. The highest BCUT2D eigenvalue weighted by atomic mass is 16.5. The summed E-state index contributed by atoms with van der Waals surface area (Å²) in [7, 11) is 1.59. The van der Waals surface area contributed by atoms with Gasteiger partial charge in [0.2, 0.25) is 0 Å². The zero-order chi connectivity index (χ0) is 21.2. The van der Waals surface area contributed by atoms with E-state index in [0.717, 1.165) is 5.75 Å². The van der Waals surface area contributed by atoms with Crippen LogP contribution in [-0.4, -0.2) is 37.5 Å². The average molecular weight is 399 g/mol. The normalized spacial score (nSPS) is 11.3. The fourth-order valence-corrected chi connectivity index (χ4v) is 2.42. The van der Waals surface area contributed by atoms with Crippen LogP contribution in [0.1, 0.15) is 37.0 Å². The van der Waals surface area contributed by atoms with Gasteiger partial charge in [0, 0.05) is 17.7 Å². The van der Waals surface area contributed by atoms with E-state index in [1.807, 2.05) is 0 Å². The standard InChI is InChI=1S/C22H25NO6/c1-15(24)17-6-8-18(9-7-17)23-22(26)16(2)29-21(25)5-4-14-28-20-12-10-19(27-3)11-13-20/h6-13,16H,4-5,14H2,1-3H3,(H,23,26)/t16-/m1/s1. The summed E-state index contributed by atoms with van der Waals surface area (Å²) in [4.78, 5) is 35.3. The van der Waals surface area contributed by atoms with Crippen LogP contribution in [0.4, 0.5) is 5.69 Å². The van der Waals surface area contributed by atoms with Crippen molar-refractivity contribution in [3.63, 3.8) is 0 Å². The molecule has 0 heterocycles. The number of Topliss-reactive ketones (excluding diaryl/α,β-unsaturated/α-hetero) is 1. The van der Waals surface area contributed by atoms with E-state index < -0.39 is 18.0 Å². The molecule has 1 N–H and O–H groups in total. The maximum absolute atomic E-state index is 12.1. The summed E-state index contributed by atoms with van der Waals surface area (Å²) in [5, 5.41) is 2.65. The van der Waals surface area contributed by atoms with Gasteiger partial charge in [-0.3, -0.25) is 14.4 Å². The predicted molar refractivity (Wildman–Crippen MR) is 108 cm³/mol. The van der Waals surface area contributed by atoms with Gasteiger partial charge >= 0.3 is 5.97 Å². The molecule has 0 bridgehead atoms. The fraction of sp³-hybridized carbons (Fsp3) is 0.318. The number of methoxy groups -OCH3 is 1. The van der Waals surface area contributed by atoms with Gasteiger partial charge in [0.1, 0.15) is 11.5 Å². The van der Waals surface area contributed by atoms with Crippen molar-refractivity contribution in [2.45, 2.75) is 32.8 Å². The van der Waals surface area contributed by atoms with Crippen molar-refractivity contribution in [2.75, 3.05) is 19.0 Å². The second-order valence-corrected chi connectivity index (χ2v) is 6.38. The highest BCUT2D eigenvalue weighted by Crippen LogP contribution is 2.17. The smallest absolute Gasteiger partial charge is 0.306 e. The first-order chi connectivity index (χ1) is 13.9. The first-order valence-corrected chi connectivity index (χ1v) is 9.27. The topological polar surface area (TPSA) is 90.9 Å². The van der Waals surface area contributed by atoms with E-state index in [9.17, 15) is 14.4 Å². The highest BCUT2D eigenvalue weighted by Gasteiger charge is 2.18. The molecule has 0 radical (unpaired) electrons. The number of ketones is 1. The minimum absolute atomic E-state index is 0.0545. The summed E-state index contributed by atoms with van der Waals surface area (Å²) < 4.78 is 15.8. The van der Waals surface area contributed by atoms with Gasteiger partial charge in [-0.15, -0.1) is 0 Å². The van der Waals surface area contributed by atoms with Crippen LogP contribution in [0, 0.1) is 0 Å². The van der Waals surface area contributed by atoms with Gasteiger partial charge in [-0.05, 0) is 68.8 Å². The zero-order valence-corrected chi connectivity index (χ0v) is 16.8. The van der Waals surface area contributed by atoms with Gasteiger partial charge in [0.05, 0.1) is 13.7 Å². The Bertz CT molecular complexity index is 829. The van der Waals surface area contributed by atoms with Crippen LogP contribution in [0.2, 0.25) is 0 Å². The molecule has 0 aliphatic rings. The molecule has 0 saturated heterocycles. The average Bonchev–Trinajstić information content (AvgIpc) is 2.72. The van der Waals surface area contributed by atoms with Gasteiger partial charge in [0.15, 0.2) is 11.9 Å². The number of hydrogen-bond acceptors (Lipinski definition) is 6. The lowest BCUT2D eigenvalue weighted by molar-refractivity contribution is -0.153. The fourth-order valence-electron chi connectivity index (χ4n) is 2.42. The summed E-state index contributed by atoms with van der Waals surface area (Å²) in [6.07, 6.45) is -0.329. The Morgan fingerprint density at radius 1 is 0.966 bits per heavy atom. The molecular formula is C22H25NO6. The number of anilines is 1. The number of carbonyl (C=O) groups is 3. The lowest BCUT2D eigenvalue weighted by Crippen LogP contribution is -2.30. The highest BCUT2D eigenvalue weighted by molar-refractivity contribution is 5.97. The van der Waals surface area contributed by atoms with Crippen molar-refractivity contribution in [1.29, 1.82) is 0 Å². The molecule has 0 fully saturated rings. The number of benzene rings is 2. The number of hydrogen-bond donors (Lipinski definition) is 1. The Kier molecular flexibility index (Phi) is 8.21. The van der Waals surface area contributed by atoms with Gasteiger partial charge in [-0.1, -0.05) is 0 Å². The van der Waals surface area contributed by atoms with Gasteiger partial charge in [-0.2, -0.15) is 0 Å². The lowest BCUT2D eigenvalue weighted by Gasteiger charge is -2.14. The maximum Gasteiger partial charge on any atom is 0.306 e. The summed E-state index contributed by atoms with van der Waals surface area (Å²) >= 11 is 0. The second-order valence-electron chi connectivity index (χ2n) is 6.38. The molecule has 154 valence electrons. The maximum atomic E-state index is 12.1. The lowest BCUT2D eigenvalue weighted by atomic mass is 10.1.